The van der Waals surface area contributed by atoms with Crippen LogP contribution in [0.1, 0.15) is 5.56 Å². The fraction of sp³-hybridized carbons (Fsp3) is 0.250. The number of rotatable bonds is 11. The maximum Gasteiger partial charge on any atom is 0.266 e. The molecule has 0 aliphatic heterocycles. The van der Waals surface area contributed by atoms with Crippen LogP contribution in [0.4, 0.5) is 5.69 Å². The maximum atomic E-state index is 13.3. The van der Waals surface area contributed by atoms with Crippen molar-refractivity contribution in [3.05, 3.63) is 72.6 Å². The number of aromatic nitrogens is 1. The molecule has 0 aliphatic rings. The van der Waals surface area contributed by atoms with Crippen LogP contribution in [-0.4, -0.2) is 53.7 Å². The van der Waals surface area contributed by atoms with Crippen LogP contribution in [0.5, 0.6) is 17.2 Å². The summed E-state index contributed by atoms with van der Waals surface area (Å²) in [5, 5.41) is 2.79. The van der Waals surface area contributed by atoms with Gasteiger partial charge in [-0.3, -0.25) is 14.1 Å². The van der Waals surface area contributed by atoms with Gasteiger partial charge in [0.05, 0.1) is 27.0 Å². The van der Waals surface area contributed by atoms with E-state index in [0.29, 0.717) is 35.9 Å². The number of methoxy groups -OCH3 is 3. The van der Waals surface area contributed by atoms with Gasteiger partial charge in [0, 0.05) is 18.9 Å². The Hall–Kier alpha value is -3.79. The number of carbonyl (C=O) groups excluding carboxylic acids is 1. The van der Waals surface area contributed by atoms with E-state index in [1.807, 2.05) is 12.1 Å². The number of carbonyl (C=O) groups is 1. The number of hydrogen-bond acceptors (Lipinski definition) is 7. The van der Waals surface area contributed by atoms with Crippen molar-refractivity contribution in [2.45, 2.75) is 11.3 Å². The Labute approximate surface area is 199 Å². The second kappa shape index (κ2) is 11.4. The first-order valence-electron chi connectivity index (χ1n) is 10.4. The van der Waals surface area contributed by atoms with Crippen LogP contribution in [-0.2, 0) is 21.2 Å². The van der Waals surface area contributed by atoms with Crippen molar-refractivity contribution in [3.63, 3.8) is 0 Å². The van der Waals surface area contributed by atoms with Gasteiger partial charge in [0.1, 0.15) is 17.2 Å². The van der Waals surface area contributed by atoms with Crippen molar-refractivity contribution in [2.75, 3.05) is 38.7 Å². The van der Waals surface area contributed by atoms with Crippen LogP contribution >= 0.6 is 0 Å². The summed E-state index contributed by atoms with van der Waals surface area (Å²) in [5.41, 5.74) is 1.27. The molecular weight excluding hydrogens is 458 g/mol. The van der Waals surface area contributed by atoms with Crippen molar-refractivity contribution < 1.29 is 27.4 Å². The van der Waals surface area contributed by atoms with Crippen LogP contribution in [0.25, 0.3) is 0 Å². The second-order valence-corrected chi connectivity index (χ2v) is 9.05. The minimum absolute atomic E-state index is 0.0102. The van der Waals surface area contributed by atoms with E-state index in [2.05, 4.69) is 10.3 Å². The summed E-state index contributed by atoms with van der Waals surface area (Å²) in [6.45, 7) is -0.0762. The monoisotopic (exact) mass is 485 g/mol. The molecule has 0 saturated carbocycles. The van der Waals surface area contributed by atoms with Gasteiger partial charge < -0.3 is 19.5 Å². The molecule has 180 valence electrons. The summed E-state index contributed by atoms with van der Waals surface area (Å²) in [7, 11) is 0.612. The fourth-order valence-electron chi connectivity index (χ4n) is 3.26. The van der Waals surface area contributed by atoms with E-state index in [-0.39, 0.29) is 4.90 Å². The Morgan fingerprint density at radius 2 is 1.71 bits per heavy atom. The molecular formula is C24H27N3O6S. The zero-order valence-electron chi connectivity index (χ0n) is 19.2. The van der Waals surface area contributed by atoms with Gasteiger partial charge in [-0.25, -0.2) is 8.42 Å². The molecule has 0 saturated heterocycles. The molecule has 34 heavy (non-hydrogen) atoms. The van der Waals surface area contributed by atoms with Gasteiger partial charge in [0.25, 0.3) is 10.0 Å². The lowest BCUT2D eigenvalue weighted by atomic mass is 10.1. The highest BCUT2D eigenvalue weighted by molar-refractivity contribution is 7.92. The highest BCUT2D eigenvalue weighted by Crippen LogP contribution is 2.28. The van der Waals surface area contributed by atoms with Gasteiger partial charge >= 0.3 is 0 Å². The Bertz CT molecular complexity index is 1200. The van der Waals surface area contributed by atoms with E-state index in [1.54, 1.807) is 44.6 Å². The summed E-state index contributed by atoms with van der Waals surface area (Å²) in [5.74, 6) is 1.34. The zero-order chi connectivity index (χ0) is 24.6. The van der Waals surface area contributed by atoms with Gasteiger partial charge in [-0.15, -0.1) is 0 Å². The van der Waals surface area contributed by atoms with Gasteiger partial charge in [-0.1, -0.05) is 6.07 Å². The van der Waals surface area contributed by atoms with Crippen molar-refractivity contribution in [2.24, 2.45) is 0 Å². The maximum absolute atomic E-state index is 13.3. The molecule has 1 N–H and O–H groups in total. The molecule has 0 spiro atoms. The topological polar surface area (TPSA) is 107 Å². The SMILES string of the molecule is COc1ccc(N(CC(=O)NCCc2ccc(OC)c(OC)c2)S(=O)(=O)c2cccnc2)cc1. The molecule has 0 radical (unpaired) electrons. The summed E-state index contributed by atoms with van der Waals surface area (Å²) in [6, 6.07) is 14.9. The number of nitrogens with one attached hydrogen (secondary N) is 1. The highest BCUT2D eigenvalue weighted by Gasteiger charge is 2.27. The number of anilines is 1. The average Bonchev–Trinajstić information content (AvgIpc) is 2.87. The lowest BCUT2D eigenvalue weighted by molar-refractivity contribution is -0.119. The van der Waals surface area contributed by atoms with Gasteiger partial charge in [0.15, 0.2) is 11.5 Å². The Morgan fingerprint density at radius 3 is 2.32 bits per heavy atom. The van der Waals surface area contributed by atoms with E-state index in [9.17, 15) is 13.2 Å². The average molecular weight is 486 g/mol. The largest absolute Gasteiger partial charge is 0.497 e. The van der Waals surface area contributed by atoms with E-state index >= 15 is 0 Å². The third-order valence-electron chi connectivity index (χ3n) is 5.05. The van der Waals surface area contributed by atoms with Crippen molar-refractivity contribution in [3.8, 4) is 17.2 Å². The van der Waals surface area contributed by atoms with Crippen LogP contribution in [0, 0.1) is 0 Å². The molecule has 10 heteroatoms. The lowest BCUT2D eigenvalue weighted by Crippen LogP contribution is -2.41. The second-order valence-electron chi connectivity index (χ2n) is 7.19. The summed E-state index contributed by atoms with van der Waals surface area (Å²) in [4.78, 5) is 16.6. The third kappa shape index (κ3) is 5.96. The molecule has 0 fully saturated rings. The van der Waals surface area contributed by atoms with Crippen molar-refractivity contribution in [1.82, 2.24) is 10.3 Å². The van der Waals surface area contributed by atoms with E-state index < -0.39 is 22.5 Å². The van der Waals surface area contributed by atoms with Crippen LogP contribution in [0.15, 0.2) is 71.9 Å². The summed E-state index contributed by atoms with van der Waals surface area (Å²) in [6.07, 6.45) is 3.27. The van der Waals surface area contributed by atoms with E-state index in [0.717, 1.165) is 9.87 Å². The molecule has 0 unspecified atom stereocenters. The van der Waals surface area contributed by atoms with Gasteiger partial charge in [-0.2, -0.15) is 0 Å². The third-order valence-corrected chi connectivity index (χ3v) is 6.81. The molecule has 1 aromatic heterocycles. The minimum atomic E-state index is -4.02. The predicted octanol–water partition coefficient (Wildman–Crippen LogP) is 2.66. The normalized spacial score (nSPS) is 10.9. The smallest absolute Gasteiger partial charge is 0.266 e. The first kappa shape index (κ1) is 24.8. The number of amides is 1. The number of pyridine rings is 1. The van der Waals surface area contributed by atoms with Gasteiger partial charge in [-0.05, 0) is 60.5 Å². The zero-order valence-corrected chi connectivity index (χ0v) is 20.0. The number of sulfonamides is 1. The standard InChI is InChI=1S/C24H27N3O6S/c1-31-20-9-7-19(8-10-20)27(34(29,30)21-5-4-13-25-16-21)17-24(28)26-14-12-18-6-11-22(32-2)23(15-18)33-3/h4-11,13,15-16H,12,14,17H2,1-3H3,(H,26,28). The summed E-state index contributed by atoms with van der Waals surface area (Å²) >= 11 is 0. The highest BCUT2D eigenvalue weighted by atomic mass is 32.2. The molecule has 3 aromatic rings. The van der Waals surface area contributed by atoms with Crippen LogP contribution < -0.4 is 23.8 Å². The predicted molar refractivity (Wildman–Crippen MR) is 128 cm³/mol. The molecule has 0 atom stereocenters. The van der Waals surface area contributed by atoms with Crippen molar-refractivity contribution in [1.29, 1.82) is 0 Å². The first-order valence-corrected chi connectivity index (χ1v) is 11.9. The molecule has 1 amide bonds. The number of ether oxygens (including phenoxy) is 3. The Kier molecular flexibility index (Phi) is 8.31. The quantitative estimate of drug-likeness (QED) is 0.445. The molecule has 0 bridgehead atoms. The van der Waals surface area contributed by atoms with Crippen LogP contribution in [0.2, 0.25) is 0 Å². The number of benzene rings is 2. The Morgan fingerprint density at radius 1 is 0.971 bits per heavy atom. The van der Waals surface area contributed by atoms with E-state index in [4.69, 9.17) is 14.2 Å². The lowest BCUT2D eigenvalue weighted by Gasteiger charge is -2.24. The van der Waals surface area contributed by atoms with Gasteiger partial charge in [0.2, 0.25) is 5.91 Å². The fourth-order valence-corrected chi connectivity index (χ4v) is 4.64. The minimum Gasteiger partial charge on any atom is -0.497 e. The molecule has 2 aromatic carbocycles. The number of nitrogens with zero attached hydrogens (tertiary/aromatic N) is 2. The molecule has 0 aliphatic carbocycles. The van der Waals surface area contributed by atoms with Crippen LogP contribution in [0.3, 0.4) is 0 Å². The molecule has 3 rings (SSSR count). The van der Waals surface area contributed by atoms with E-state index in [1.165, 1.54) is 31.6 Å². The Balaban J connectivity index is 1.73. The number of hydrogen-bond donors (Lipinski definition) is 1. The first-order chi connectivity index (χ1) is 16.4. The molecule has 9 nitrogen and oxygen atoms in total. The van der Waals surface area contributed by atoms with Crippen molar-refractivity contribution >= 4 is 21.6 Å². The molecule has 1 heterocycles. The summed E-state index contributed by atoms with van der Waals surface area (Å²) < 4.78 is 43.3.